The molecule has 0 aromatic carbocycles. The lowest BCUT2D eigenvalue weighted by molar-refractivity contribution is 0.182. The van der Waals surface area contributed by atoms with Crippen LogP contribution in [-0.4, -0.2) is 43.5 Å². The summed E-state index contributed by atoms with van der Waals surface area (Å²) in [6.07, 6.45) is 1.02. The predicted molar refractivity (Wildman–Crippen MR) is 68.9 cm³/mol. The maximum atomic E-state index is 11.6. The molecule has 2 aliphatic rings. The van der Waals surface area contributed by atoms with Gasteiger partial charge in [-0.05, 0) is 23.4 Å². The van der Waals surface area contributed by atoms with Gasteiger partial charge in [0.25, 0.3) is 0 Å². The highest BCUT2D eigenvalue weighted by Crippen LogP contribution is 2.27. The average molecular weight is 272 g/mol. The molecule has 1 aromatic heterocycles. The molecule has 2 unspecified atom stereocenters. The molecule has 94 valence electrons. The van der Waals surface area contributed by atoms with Crippen LogP contribution in [0.5, 0.6) is 0 Å². The van der Waals surface area contributed by atoms with E-state index in [0.717, 1.165) is 19.5 Å². The molecule has 1 saturated heterocycles. The molecule has 4 nitrogen and oxygen atoms in total. The van der Waals surface area contributed by atoms with Crippen LogP contribution in [0.2, 0.25) is 0 Å². The molecule has 0 spiro atoms. The Balaban J connectivity index is 1.79. The summed E-state index contributed by atoms with van der Waals surface area (Å²) in [5.41, 5.74) is 7.31. The molecular weight excluding hydrogens is 256 g/mol. The summed E-state index contributed by atoms with van der Waals surface area (Å²) in [5, 5.41) is 2.11. The lowest BCUT2D eigenvalue weighted by Crippen LogP contribution is -2.48. The predicted octanol–water partition coefficient (Wildman–Crippen LogP) is 0.231. The van der Waals surface area contributed by atoms with E-state index in [1.54, 1.807) is 11.3 Å². The average Bonchev–Trinajstić information content (AvgIpc) is 2.81. The Morgan fingerprint density at radius 3 is 2.94 bits per heavy atom. The normalized spacial score (nSPS) is 32.5. The molecular formula is C11H16N2O2S2. The molecule has 1 aromatic rings. The number of hydrogen-bond acceptors (Lipinski definition) is 5. The van der Waals surface area contributed by atoms with Crippen LogP contribution in [0.4, 0.5) is 0 Å². The number of thiophene rings is 1. The monoisotopic (exact) mass is 272 g/mol. The molecule has 1 fully saturated rings. The van der Waals surface area contributed by atoms with Gasteiger partial charge in [0.15, 0.2) is 9.84 Å². The summed E-state index contributed by atoms with van der Waals surface area (Å²) < 4.78 is 23.2. The Bertz CT molecular complexity index is 523. The van der Waals surface area contributed by atoms with Crippen molar-refractivity contribution in [2.75, 3.05) is 18.1 Å². The van der Waals surface area contributed by atoms with Crippen LogP contribution in [0.25, 0.3) is 0 Å². The third kappa shape index (κ3) is 2.14. The van der Waals surface area contributed by atoms with Crippen molar-refractivity contribution < 1.29 is 8.42 Å². The third-order valence-electron chi connectivity index (χ3n) is 3.67. The van der Waals surface area contributed by atoms with Crippen LogP contribution in [-0.2, 0) is 22.8 Å². The second kappa shape index (κ2) is 4.05. The third-order valence-corrected chi connectivity index (χ3v) is 6.44. The smallest absolute Gasteiger partial charge is 0.153 e. The molecule has 0 radical (unpaired) electrons. The standard InChI is InChI=1S/C11H16N2O2S2/c12-9-6-17(14,15)7-10(9)13-3-1-11-8(5-13)2-4-16-11/h2,4,9-10H,1,3,5-7,12H2. The quantitative estimate of drug-likeness (QED) is 0.795. The maximum Gasteiger partial charge on any atom is 0.153 e. The maximum absolute atomic E-state index is 11.6. The molecule has 2 atom stereocenters. The minimum absolute atomic E-state index is 0.00745. The Morgan fingerprint density at radius 1 is 1.41 bits per heavy atom. The number of fused-ring (bicyclic) bond motifs is 1. The van der Waals surface area contributed by atoms with E-state index in [4.69, 9.17) is 5.73 Å². The van der Waals surface area contributed by atoms with Crippen LogP contribution >= 0.6 is 11.3 Å². The van der Waals surface area contributed by atoms with Gasteiger partial charge in [0.1, 0.15) is 0 Å². The van der Waals surface area contributed by atoms with Gasteiger partial charge in [-0.1, -0.05) is 0 Å². The number of nitrogens with two attached hydrogens (primary N) is 1. The topological polar surface area (TPSA) is 63.4 Å². The summed E-state index contributed by atoms with van der Waals surface area (Å²) in [6.45, 7) is 1.79. The van der Waals surface area contributed by atoms with Gasteiger partial charge >= 0.3 is 0 Å². The molecule has 2 aliphatic heterocycles. The molecule has 2 N–H and O–H groups in total. The van der Waals surface area contributed by atoms with Gasteiger partial charge in [0, 0.05) is 30.1 Å². The highest BCUT2D eigenvalue weighted by Gasteiger charge is 2.39. The van der Waals surface area contributed by atoms with E-state index in [-0.39, 0.29) is 23.6 Å². The second-order valence-electron chi connectivity index (χ2n) is 4.90. The van der Waals surface area contributed by atoms with Crippen LogP contribution in [0.15, 0.2) is 11.4 Å². The van der Waals surface area contributed by atoms with Crippen molar-refractivity contribution in [1.82, 2.24) is 4.90 Å². The van der Waals surface area contributed by atoms with Crippen molar-refractivity contribution in [2.24, 2.45) is 5.73 Å². The first-order valence-electron chi connectivity index (χ1n) is 5.80. The number of hydrogen-bond donors (Lipinski definition) is 1. The van der Waals surface area contributed by atoms with Gasteiger partial charge in [-0.15, -0.1) is 11.3 Å². The largest absolute Gasteiger partial charge is 0.325 e. The van der Waals surface area contributed by atoms with E-state index in [9.17, 15) is 8.42 Å². The zero-order chi connectivity index (χ0) is 12.0. The lowest BCUT2D eigenvalue weighted by Gasteiger charge is -2.33. The van der Waals surface area contributed by atoms with Crippen molar-refractivity contribution in [2.45, 2.75) is 25.0 Å². The summed E-state index contributed by atoms with van der Waals surface area (Å²) in [5.74, 6) is 0.373. The van der Waals surface area contributed by atoms with E-state index in [1.165, 1.54) is 10.4 Å². The number of sulfone groups is 1. The van der Waals surface area contributed by atoms with Gasteiger partial charge in [-0.25, -0.2) is 8.42 Å². The van der Waals surface area contributed by atoms with Gasteiger partial charge in [0.05, 0.1) is 11.5 Å². The van der Waals surface area contributed by atoms with E-state index in [0.29, 0.717) is 0 Å². The van der Waals surface area contributed by atoms with Crippen LogP contribution < -0.4 is 5.73 Å². The van der Waals surface area contributed by atoms with Crippen LogP contribution in [0.3, 0.4) is 0 Å². The van der Waals surface area contributed by atoms with Crippen molar-refractivity contribution in [3.8, 4) is 0 Å². The first-order valence-corrected chi connectivity index (χ1v) is 8.50. The number of rotatable bonds is 1. The molecule has 0 aliphatic carbocycles. The molecule has 0 saturated carbocycles. The lowest BCUT2D eigenvalue weighted by atomic mass is 10.0. The van der Waals surface area contributed by atoms with Gasteiger partial charge in [0.2, 0.25) is 0 Å². The van der Waals surface area contributed by atoms with Crippen molar-refractivity contribution in [3.63, 3.8) is 0 Å². The van der Waals surface area contributed by atoms with Crippen molar-refractivity contribution >= 4 is 21.2 Å². The fraction of sp³-hybridized carbons (Fsp3) is 0.636. The zero-order valence-corrected chi connectivity index (χ0v) is 11.1. The summed E-state index contributed by atoms with van der Waals surface area (Å²) in [6, 6.07) is 1.93. The second-order valence-corrected chi connectivity index (χ2v) is 8.05. The Kier molecular flexibility index (Phi) is 2.77. The van der Waals surface area contributed by atoms with Gasteiger partial charge in [-0.3, -0.25) is 4.90 Å². The summed E-state index contributed by atoms with van der Waals surface area (Å²) >= 11 is 1.79. The molecule has 0 bridgehead atoms. The fourth-order valence-corrected chi connectivity index (χ4v) is 5.60. The van der Waals surface area contributed by atoms with E-state index in [1.807, 2.05) is 0 Å². The number of nitrogens with zero attached hydrogens (tertiary/aromatic N) is 1. The molecule has 3 rings (SSSR count). The highest BCUT2D eigenvalue weighted by molar-refractivity contribution is 7.91. The minimum Gasteiger partial charge on any atom is -0.325 e. The Morgan fingerprint density at radius 2 is 2.24 bits per heavy atom. The SMILES string of the molecule is NC1CS(=O)(=O)CC1N1CCc2sccc2C1. The molecule has 0 amide bonds. The van der Waals surface area contributed by atoms with Crippen LogP contribution in [0.1, 0.15) is 10.4 Å². The van der Waals surface area contributed by atoms with E-state index in [2.05, 4.69) is 16.3 Å². The van der Waals surface area contributed by atoms with Crippen molar-refractivity contribution in [1.29, 1.82) is 0 Å². The first kappa shape index (κ1) is 11.6. The Labute approximate surface area is 105 Å². The minimum atomic E-state index is -2.92. The van der Waals surface area contributed by atoms with E-state index < -0.39 is 9.84 Å². The first-order chi connectivity index (χ1) is 8.05. The van der Waals surface area contributed by atoms with Crippen LogP contribution in [0, 0.1) is 0 Å². The zero-order valence-electron chi connectivity index (χ0n) is 9.50. The van der Waals surface area contributed by atoms with E-state index >= 15 is 0 Å². The Hall–Kier alpha value is -0.430. The molecule has 3 heterocycles. The summed E-state index contributed by atoms with van der Waals surface area (Å²) in [7, 11) is -2.92. The molecule has 6 heteroatoms. The van der Waals surface area contributed by atoms with Crippen molar-refractivity contribution in [3.05, 3.63) is 21.9 Å². The molecule has 17 heavy (non-hydrogen) atoms. The van der Waals surface area contributed by atoms with Gasteiger partial charge in [-0.2, -0.15) is 0 Å². The highest BCUT2D eigenvalue weighted by atomic mass is 32.2. The summed E-state index contributed by atoms with van der Waals surface area (Å²) in [4.78, 5) is 3.68. The van der Waals surface area contributed by atoms with Gasteiger partial charge < -0.3 is 5.73 Å². The fourth-order valence-electron chi connectivity index (χ4n) is 2.79.